The molecule has 0 saturated heterocycles. The van der Waals surface area contributed by atoms with Crippen molar-refractivity contribution in [1.82, 2.24) is 5.32 Å². The van der Waals surface area contributed by atoms with Gasteiger partial charge in [0.15, 0.2) is 0 Å². The summed E-state index contributed by atoms with van der Waals surface area (Å²) in [6, 6.07) is 13.0. The van der Waals surface area contributed by atoms with E-state index in [0.717, 1.165) is 34.5 Å². The van der Waals surface area contributed by atoms with Gasteiger partial charge in [-0.15, -0.1) is 0 Å². The molecule has 3 rings (SSSR count). The molecule has 1 heterocycles. The second-order valence-corrected chi connectivity index (χ2v) is 7.71. The third-order valence-corrected chi connectivity index (χ3v) is 4.96. The van der Waals surface area contributed by atoms with Crippen LogP contribution in [-0.2, 0) is 16.1 Å². The Labute approximate surface area is 166 Å². The summed E-state index contributed by atoms with van der Waals surface area (Å²) in [5.74, 6) is 1.04. The maximum atomic E-state index is 13.1. The second-order valence-electron chi connectivity index (χ2n) is 7.71. The maximum Gasteiger partial charge on any atom is 0.254 e. The zero-order chi connectivity index (χ0) is 20.3. The van der Waals surface area contributed by atoms with Crippen molar-refractivity contribution in [2.24, 2.45) is 5.92 Å². The lowest BCUT2D eigenvalue weighted by Gasteiger charge is -2.21. The minimum absolute atomic E-state index is 0.114. The summed E-state index contributed by atoms with van der Waals surface area (Å²) >= 11 is 0. The Hall–Kier alpha value is -2.82. The van der Waals surface area contributed by atoms with E-state index in [-0.39, 0.29) is 11.8 Å². The maximum absolute atomic E-state index is 13.1. The van der Waals surface area contributed by atoms with E-state index in [9.17, 15) is 9.59 Å². The number of amides is 2. The van der Waals surface area contributed by atoms with Crippen molar-refractivity contribution in [3.05, 3.63) is 59.2 Å². The second kappa shape index (κ2) is 8.46. The third kappa shape index (κ3) is 4.19. The number of benzene rings is 2. The molecule has 2 aromatic rings. The van der Waals surface area contributed by atoms with E-state index in [1.54, 1.807) is 4.90 Å². The summed E-state index contributed by atoms with van der Waals surface area (Å²) in [5.41, 5.74) is 3.69. The van der Waals surface area contributed by atoms with Crippen molar-refractivity contribution >= 4 is 17.5 Å². The number of hydrogen-bond donors (Lipinski definition) is 1. The summed E-state index contributed by atoms with van der Waals surface area (Å²) < 4.78 is 6.00. The molecule has 28 heavy (non-hydrogen) atoms. The normalized spacial score (nSPS) is 15.7. The van der Waals surface area contributed by atoms with Crippen LogP contribution in [0.5, 0.6) is 5.75 Å². The highest BCUT2D eigenvalue weighted by atomic mass is 16.5. The fraction of sp³-hybridized carbons (Fsp3) is 0.391. The lowest BCUT2D eigenvalue weighted by Crippen LogP contribution is -2.36. The zero-order valence-corrected chi connectivity index (χ0v) is 17.0. The highest BCUT2D eigenvalue weighted by Gasteiger charge is 2.38. The van der Waals surface area contributed by atoms with Crippen LogP contribution in [0.4, 0.5) is 5.69 Å². The molecule has 1 N–H and O–H groups in total. The number of hydrogen-bond acceptors (Lipinski definition) is 3. The number of fused-ring (bicyclic) bond motifs is 1. The van der Waals surface area contributed by atoms with Gasteiger partial charge >= 0.3 is 0 Å². The number of aryl methyl sites for hydroxylation is 1. The molecule has 2 aromatic carbocycles. The number of carbonyl (C=O) groups is 2. The smallest absolute Gasteiger partial charge is 0.254 e. The summed E-state index contributed by atoms with van der Waals surface area (Å²) in [7, 11) is 0. The number of rotatable bonds is 7. The summed E-state index contributed by atoms with van der Waals surface area (Å²) in [6.07, 6.45) is 0.976. The van der Waals surface area contributed by atoms with Crippen molar-refractivity contribution in [2.75, 3.05) is 11.5 Å². The molecule has 0 fully saturated rings. The lowest BCUT2D eigenvalue weighted by molar-refractivity contribution is -0.126. The fourth-order valence-electron chi connectivity index (χ4n) is 3.53. The fourth-order valence-corrected chi connectivity index (χ4v) is 3.53. The van der Waals surface area contributed by atoms with E-state index < -0.39 is 6.04 Å². The predicted molar refractivity (Wildman–Crippen MR) is 110 cm³/mol. The van der Waals surface area contributed by atoms with Gasteiger partial charge in [0.2, 0.25) is 5.91 Å². The van der Waals surface area contributed by atoms with E-state index in [2.05, 4.69) is 19.2 Å². The van der Waals surface area contributed by atoms with Gasteiger partial charge in [-0.1, -0.05) is 50.2 Å². The highest BCUT2D eigenvalue weighted by molar-refractivity contribution is 6.06. The Morgan fingerprint density at radius 2 is 1.93 bits per heavy atom. The van der Waals surface area contributed by atoms with Gasteiger partial charge < -0.3 is 15.0 Å². The molecule has 148 valence electrons. The van der Waals surface area contributed by atoms with Crippen LogP contribution >= 0.6 is 0 Å². The molecule has 2 amide bonds. The van der Waals surface area contributed by atoms with Gasteiger partial charge in [0.25, 0.3) is 5.91 Å². The molecule has 0 spiro atoms. The quantitative estimate of drug-likeness (QED) is 0.785. The number of nitrogens with one attached hydrogen (secondary N) is 1. The van der Waals surface area contributed by atoms with Crippen LogP contribution in [0.3, 0.4) is 0 Å². The summed E-state index contributed by atoms with van der Waals surface area (Å²) in [4.78, 5) is 26.5. The van der Waals surface area contributed by atoms with E-state index >= 15 is 0 Å². The third-order valence-electron chi connectivity index (χ3n) is 4.96. The lowest BCUT2D eigenvalue weighted by atomic mass is 10.0. The van der Waals surface area contributed by atoms with Gasteiger partial charge in [-0.25, -0.2) is 0 Å². The standard InChI is InChI=1S/C23H28N2O3/c1-15(2)12-13-28-20-11-6-5-9-18(20)14-25-22-16(3)8-7-10-19(22)21(23(25)27)24-17(4)26/h5-11,15,21H,12-14H2,1-4H3,(H,24,26)/t21-/m0/s1. The largest absolute Gasteiger partial charge is 0.493 e. The molecule has 0 aromatic heterocycles. The Morgan fingerprint density at radius 1 is 1.18 bits per heavy atom. The number of carbonyl (C=O) groups excluding carboxylic acids is 2. The van der Waals surface area contributed by atoms with Crippen molar-refractivity contribution in [3.8, 4) is 5.75 Å². The number of anilines is 1. The van der Waals surface area contributed by atoms with E-state index in [1.807, 2.05) is 49.4 Å². The number of para-hydroxylation sites is 2. The monoisotopic (exact) mass is 380 g/mol. The molecule has 0 unspecified atom stereocenters. The van der Waals surface area contributed by atoms with Crippen LogP contribution in [-0.4, -0.2) is 18.4 Å². The van der Waals surface area contributed by atoms with Gasteiger partial charge in [-0.05, 0) is 30.9 Å². The molecule has 1 aliphatic rings. The molecule has 0 saturated carbocycles. The molecular weight excluding hydrogens is 352 g/mol. The zero-order valence-electron chi connectivity index (χ0n) is 17.0. The topological polar surface area (TPSA) is 58.6 Å². The van der Waals surface area contributed by atoms with Crippen molar-refractivity contribution in [3.63, 3.8) is 0 Å². The average molecular weight is 380 g/mol. The van der Waals surface area contributed by atoms with Crippen LogP contribution in [0, 0.1) is 12.8 Å². The summed E-state index contributed by atoms with van der Waals surface area (Å²) in [6.45, 7) is 8.81. The Bertz CT molecular complexity index is 876. The van der Waals surface area contributed by atoms with Crippen molar-refractivity contribution in [2.45, 2.75) is 46.7 Å². The highest BCUT2D eigenvalue weighted by Crippen LogP contribution is 2.40. The Kier molecular flexibility index (Phi) is 6.02. The van der Waals surface area contributed by atoms with Crippen LogP contribution in [0.1, 0.15) is 49.9 Å². The number of nitrogens with zero attached hydrogens (tertiary/aromatic N) is 1. The van der Waals surface area contributed by atoms with Crippen LogP contribution in [0.2, 0.25) is 0 Å². The van der Waals surface area contributed by atoms with Crippen LogP contribution < -0.4 is 15.0 Å². The Balaban J connectivity index is 1.89. The van der Waals surface area contributed by atoms with Crippen molar-refractivity contribution in [1.29, 1.82) is 0 Å². The van der Waals surface area contributed by atoms with E-state index in [0.29, 0.717) is 19.1 Å². The molecule has 1 aliphatic heterocycles. The molecule has 0 bridgehead atoms. The van der Waals surface area contributed by atoms with Gasteiger partial charge in [-0.3, -0.25) is 9.59 Å². The van der Waals surface area contributed by atoms with Crippen LogP contribution in [0.15, 0.2) is 42.5 Å². The van der Waals surface area contributed by atoms with Gasteiger partial charge in [-0.2, -0.15) is 0 Å². The predicted octanol–water partition coefficient (Wildman–Crippen LogP) is 4.14. The first-order valence-corrected chi connectivity index (χ1v) is 9.77. The minimum atomic E-state index is -0.638. The molecular formula is C23H28N2O3. The molecule has 5 nitrogen and oxygen atoms in total. The SMILES string of the molecule is CC(=O)N[C@@H]1C(=O)N(Cc2ccccc2OCCC(C)C)c2c(C)cccc21. The van der Waals surface area contributed by atoms with Gasteiger partial charge in [0.1, 0.15) is 11.8 Å². The molecule has 1 atom stereocenters. The van der Waals surface area contributed by atoms with Crippen LogP contribution in [0.25, 0.3) is 0 Å². The molecule has 5 heteroatoms. The molecule has 0 radical (unpaired) electrons. The average Bonchev–Trinajstić information content (AvgIpc) is 2.89. The summed E-state index contributed by atoms with van der Waals surface area (Å²) in [5, 5.41) is 2.79. The first kappa shape index (κ1) is 19.9. The van der Waals surface area contributed by atoms with Gasteiger partial charge in [0, 0.05) is 18.1 Å². The number of ether oxygens (including phenoxy) is 1. The Morgan fingerprint density at radius 3 is 2.64 bits per heavy atom. The van der Waals surface area contributed by atoms with E-state index in [1.165, 1.54) is 6.92 Å². The first-order chi connectivity index (χ1) is 13.4. The first-order valence-electron chi connectivity index (χ1n) is 9.77. The van der Waals surface area contributed by atoms with Crippen molar-refractivity contribution < 1.29 is 14.3 Å². The minimum Gasteiger partial charge on any atom is -0.493 e. The van der Waals surface area contributed by atoms with E-state index in [4.69, 9.17) is 4.74 Å². The van der Waals surface area contributed by atoms with Gasteiger partial charge in [0.05, 0.1) is 18.8 Å². The molecule has 0 aliphatic carbocycles.